The standard InChI is InChI=1S/C10H18O4/c1-7(2)9(10(11)12)14-6-8-4-3-5-13-8/h7-9H,3-6H2,1-2H3,(H,11,12)/t8-,9-/m1/s1. The summed E-state index contributed by atoms with van der Waals surface area (Å²) in [7, 11) is 0. The molecule has 4 heteroatoms. The summed E-state index contributed by atoms with van der Waals surface area (Å²) in [6, 6.07) is 0. The van der Waals surface area contributed by atoms with E-state index in [1.807, 2.05) is 13.8 Å². The molecular formula is C10H18O4. The summed E-state index contributed by atoms with van der Waals surface area (Å²) in [6.07, 6.45) is 1.41. The van der Waals surface area contributed by atoms with Crippen LogP contribution in [-0.4, -0.2) is 36.5 Å². The molecule has 14 heavy (non-hydrogen) atoms. The van der Waals surface area contributed by atoms with Crippen LogP contribution < -0.4 is 0 Å². The van der Waals surface area contributed by atoms with E-state index >= 15 is 0 Å². The van der Waals surface area contributed by atoms with Crippen LogP contribution in [0.4, 0.5) is 0 Å². The number of rotatable bonds is 5. The zero-order chi connectivity index (χ0) is 10.6. The van der Waals surface area contributed by atoms with Crippen LogP contribution in [0.5, 0.6) is 0 Å². The number of ether oxygens (including phenoxy) is 2. The van der Waals surface area contributed by atoms with Gasteiger partial charge in [-0.05, 0) is 18.8 Å². The van der Waals surface area contributed by atoms with Crippen LogP contribution in [0.25, 0.3) is 0 Å². The lowest BCUT2D eigenvalue weighted by molar-refractivity contribution is -0.155. The molecule has 4 nitrogen and oxygen atoms in total. The second-order valence-corrected chi connectivity index (χ2v) is 3.97. The molecule has 1 N–H and O–H groups in total. The highest BCUT2D eigenvalue weighted by molar-refractivity contribution is 5.72. The minimum Gasteiger partial charge on any atom is -0.479 e. The molecule has 0 spiro atoms. The fourth-order valence-corrected chi connectivity index (χ4v) is 1.54. The predicted molar refractivity (Wildman–Crippen MR) is 51.2 cm³/mol. The Bertz CT molecular complexity index is 185. The number of carboxylic acids is 1. The van der Waals surface area contributed by atoms with Gasteiger partial charge >= 0.3 is 5.97 Å². The molecule has 0 aliphatic carbocycles. The van der Waals surface area contributed by atoms with Gasteiger partial charge in [0.25, 0.3) is 0 Å². The van der Waals surface area contributed by atoms with Gasteiger partial charge in [0.15, 0.2) is 6.10 Å². The molecule has 0 radical (unpaired) electrons. The smallest absolute Gasteiger partial charge is 0.333 e. The summed E-state index contributed by atoms with van der Waals surface area (Å²) >= 11 is 0. The van der Waals surface area contributed by atoms with Gasteiger partial charge in [0.1, 0.15) is 0 Å². The molecular weight excluding hydrogens is 184 g/mol. The van der Waals surface area contributed by atoms with Crippen molar-refractivity contribution in [2.75, 3.05) is 13.2 Å². The Balaban J connectivity index is 2.28. The van der Waals surface area contributed by atoms with Crippen LogP contribution in [0.3, 0.4) is 0 Å². The lowest BCUT2D eigenvalue weighted by Gasteiger charge is -2.19. The molecule has 0 aromatic carbocycles. The van der Waals surface area contributed by atoms with E-state index in [1.54, 1.807) is 0 Å². The number of aliphatic carboxylic acids is 1. The summed E-state index contributed by atoms with van der Waals surface area (Å²) in [5.74, 6) is -0.896. The van der Waals surface area contributed by atoms with E-state index in [-0.39, 0.29) is 12.0 Å². The lowest BCUT2D eigenvalue weighted by Crippen LogP contribution is -2.32. The number of carboxylic acid groups (broad SMARTS) is 1. The van der Waals surface area contributed by atoms with Gasteiger partial charge in [-0.1, -0.05) is 13.8 Å². The largest absolute Gasteiger partial charge is 0.479 e. The first-order valence-electron chi connectivity index (χ1n) is 5.07. The van der Waals surface area contributed by atoms with Gasteiger partial charge in [-0.15, -0.1) is 0 Å². The van der Waals surface area contributed by atoms with E-state index in [9.17, 15) is 4.79 Å². The monoisotopic (exact) mass is 202 g/mol. The van der Waals surface area contributed by atoms with Gasteiger partial charge in [-0.25, -0.2) is 4.79 Å². The van der Waals surface area contributed by atoms with Crippen LogP contribution >= 0.6 is 0 Å². The van der Waals surface area contributed by atoms with Crippen molar-refractivity contribution < 1.29 is 19.4 Å². The van der Waals surface area contributed by atoms with Crippen LogP contribution in [-0.2, 0) is 14.3 Å². The van der Waals surface area contributed by atoms with Crippen LogP contribution in [0, 0.1) is 5.92 Å². The molecule has 1 heterocycles. The molecule has 1 saturated heterocycles. The predicted octanol–water partition coefficient (Wildman–Crippen LogP) is 1.29. The highest BCUT2D eigenvalue weighted by Crippen LogP contribution is 2.14. The normalized spacial score (nSPS) is 24.1. The van der Waals surface area contributed by atoms with Crippen molar-refractivity contribution in [3.8, 4) is 0 Å². The first-order valence-corrected chi connectivity index (χ1v) is 5.07. The summed E-state index contributed by atoms with van der Waals surface area (Å²) in [4.78, 5) is 10.8. The van der Waals surface area contributed by atoms with Crippen molar-refractivity contribution in [3.05, 3.63) is 0 Å². The minimum atomic E-state index is -0.891. The molecule has 0 bridgehead atoms. The van der Waals surface area contributed by atoms with Crippen LogP contribution in [0.2, 0.25) is 0 Å². The Hall–Kier alpha value is -0.610. The minimum absolute atomic E-state index is 0.00565. The highest BCUT2D eigenvalue weighted by Gasteiger charge is 2.24. The van der Waals surface area contributed by atoms with Crippen molar-refractivity contribution in [3.63, 3.8) is 0 Å². The number of hydrogen-bond acceptors (Lipinski definition) is 3. The summed E-state index contributed by atoms with van der Waals surface area (Å²) in [5, 5.41) is 8.85. The van der Waals surface area contributed by atoms with Crippen LogP contribution in [0.15, 0.2) is 0 Å². The first kappa shape index (κ1) is 11.5. The maximum Gasteiger partial charge on any atom is 0.333 e. The Morgan fingerprint density at radius 2 is 2.36 bits per heavy atom. The van der Waals surface area contributed by atoms with Crippen molar-refractivity contribution in [2.24, 2.45) is 5.92 Å². The second kappa shape index (κ2) is 5.32. The fourth-order valence-electron chi connectivity index (χ4n) is 1.54. The van der Waals surface area contributed by atoms with E-state index < -0.39 is 12.1 Å². The van der Waals surface area contributed by atoms with Crippen molar-refractivity contribution in [1.29, 1.82) is 0 Å². The van der Waals surface area contributed by atoms with E-state index in [4.69, 9.17) is 14.6 Å². The van der Waals surface area contributed by atoms with Gasteiger partial charge in [0.2, 0.25) is 0 Å². The zero-order valence-corrected chi connectivity index (χ0v) is 8.73. The Labute approximate surface area is 84.2 Å². The van der Waals surface area contributed by atoms with E-state index in [0.29, 0.717) is 6.61 Å². The third kappa shape index (κ3) is 3.27. The van der Waals surface area contributed by atoms with E-state index in [1.165, 1.54) is 0 Å². The molecule has 0 aromatic heterocycles. The zero-order valence-electron chi connectivity index (χ0n) is 8.73. The highest BCUT2D eigenvalue weighted by atomic mass is 16.6. The molecule has 1 fully saturated rings. The molecule has 0 amide bonds. The van der Waals surface area contributed by atoms with Crippen molar-refractivity contribution in [2.45, 2.75) is 38.9 Å². The van der Waals surface area contributed by atoms with E-state index in [2.05, 4.69) is 0 Å². The molecule has 0 aromatic rings. The maximum absolute atomic E-state index is 10.8. The SMILES string of the molecule is CC(C)[C@@H](OC[C@H]1CCCO1)C(=O)O. The summed E-state index contributed by atoms with van der Waals surface area (Å²) in [6.45, 7) is 4.85. The molecule has 82 valence electrons. The molecule has 0 saturated carbocycles. The number of hydrogen-bond donors (Lipinski definition) is 1. The van der Waals surface area contributed by atoms with Crippen molar-refractivity contribution in [1.82, 2.24) is 0 Å². The third-order valence-corrected chi connectivity index (χ3v) is 2.33. The molecule has 2 atom stereocenters. The Morgan fingerprint density at radius 3 is 2.79 bits per heavy atom. The van der Waals surface area contributed by atoms with Gasteiger partial charge in [-0.2, -0.15) is 0 Å². The lowest BCUT2D eigenvalue weighted by atomic mass is 10.1. The van der Waals surface area contributed by atoms with Gasteiger partial charge in [0, 0.05) is 6.61 Å². The number of carbonyl (C=O) groups is 1. The Morgan fingerprint density at radius 1 is 1.64 bits per heavy atom. The average molecular weight is 202 g/mol. The second-order valence-electron chi connectivity index (χ2n) is 3.97. The molecule has 1 rings (SSSR count). The maximum atomic E-state index is 10.8. The first-order chi connectivity index (χ1) is 6.61. The van der Waals surface area contributed by atoms with Crippen LogP contribution in [0.1, 0.15) is 26.7 Å². The summed E-state index contributed by atoms with van der Waals surface area (Å²) < 4.78 is 10.7. The average Bonchev–Trinajstić information content (AvgIpc) is 2.55. The molecule has 1 aliphatic rings. The van der Waals surface area contributed by atoms with Gasteiger partial charge < -0.3 is 14.6 Å². The quantitative estimate of drug-likeness (QED) is 0.730. The molecule has 0 unspecified atom stereocenters. The molecule has 1 aliphatic heterocycles. The third-order valence-electron chi connectivity index (χ3n) is 2.33. The van der Waals surface area contributed by atoms with Crippen molar-refractivity contribution >= 4 is 5.97 Å². The topological polar surface area (TPSA) is 55.8 Å². The Kier molecular flexibility index (Phi) is 4.35. The summed E-state index contributed by atoms with van der Waals surface area (Å²) in [5.41, 5.74) is 0. The fraction of sp³-hybridized carbons (Fsp3) is 0.900. The van der Waals surface area contributed by atoms with Gasteiger partial charge in [0.05, 0.1) is 12.7 Å². The van der Waals surface area contributed by atoms with E-state index in [0.717, 1.165) is 19.4 Å². The van der Waals surface area contributed by atoms with Gasteiger partial charge in [-0.3, -0.25) is 0 Å².